The monoisotopic (exact) mass is 806 g/mol. The largest absolute Gasteiger partial charge is 0.472 e. The molecule has 0 aliphatic rings. The summed E-state index contributed by atoms with van der Waals surface area (Å²) in [6.07, 6.45) is 42.6. The summed E-state index contributed by atoms with van der Waals surface area (Å²) < 4.78 is 23.4. The zero-order valence-corrected chi connectivity index (χ0v) is 36.2. The van der Waals surface area contributed by atoms with Crippen molar-refractivity contribution in [3.05, 3.63) is 97.2 Å². The summed E-state index contributed by atoms with van der Waals surface area (Å²) in [5.74, 6) is -0.325. The summed E-state index contributed by atoms with van der Waals surface area (Å²) in [6, 6.07) is -0.944. The third-order valence-corrected chi connectivity index (χ3v) is 9.42. The van der Waals surface area contributed by atoms with E-state index in [0.717, 1.165) is 44.9 Å². The highest BCUT2D eigenvalue weighted by atomic mass is 31.2. The normalized spacial score (nSPS) is 16.5. The zero-order chi connectivity index (χ0) is 41.8. The number of hydrogen-bond acceptors (Lipinski definition) is 7. The molecule has 0 bridgehead atoms. The lowest BCUT2D eigenvalue weighted by molar-refractivity contribution is -0.870. The summed E-state index contributed by atoms with van der Waals surface area (Å²) in [7, 11) is 1.41. The van der Waals surface area contributed by atoms with E-state index < -0.39 is 38.8 Å². The number of aliphatic hydroxyl groups excluding tert-OH is 3. The Bertz CT molecular complexity index is 1260. The second-order valence-corrected chi connectivity index (χ2v) is 16.5. The maximum absolute atomic E-state index is 12.8. The molecule has 56 heavy (non-hydrogen) atoms. The van der Waals surface area contributed by atoms with Crippen LogP contribution < -0.4 is 5.32 Å². The van der Waals surface area contributed by atoms with Crippen molar-refractivity contribution in [1.29, 1.82) is 0 Å². The SMILES string of the molecule is CC/C=C\C[C@H](O)/C=C/C=C\C/C=C\C=C\[C@H](O)/C=C\CCCC(=O)N[C@@H](COP(=O)(O)OCC[N+](C)(C)C)[C@H](O)/C=C/CCCCCCCC/C=C\CCC. The topological polar surface area (TPSA) is 146 Å². The molecule has 0 radical (unpaired) electrons. The van der Waals surface area contributed by atoms with E-state index >= 15 is 0 Å². The van der Waals surface area contributed by atoms with Gasteiger partial charge in [-0.1, -0.05) is 143 Å². The van der Waals surface area contributed by atoms with Gasteiger partial charge in [0.05, 0.1) is 52.1 Å². The number of carbonyl (C=O) groups excluding carboxylic acids is 1. The number of phosphoric acid groups is 1. The quantitative estimate of drug-likeness (QED) is 0.0140. The molecule has 1 amide bonds. The van der Waals surface area contributed by atoms with Crippen molar-refractivity contribution in [3.63, 3.8) is 0 Å². The smallest absolute Gasteiger partial charge is 0.389 e. The van der Waals surface area contributed by atoms with Gasteiger partial charge in [0, 0.05) is 6.42 Å². The first-order valence-corrected chi connectivity index (χ1v) is 22.3. The predicted molar refractivity (Wildman–Crippen MR) is 233 cm³/mol. The van der Waals surface area contributed by atoms with E-state index in [-0.39, 0.29) is 18.9 Å². The molecule has 320 valence electrons. The summed E-state index contributed by atoms with van der Waals surface area (Å²) in [5, 5.41) is 33.7. The van der Waals surface area contributed by atoms with Gasteiger partial charge in [-0.2, -0.15) is 0 Å². The fraction of sp³-hybridized carbons (Fsp3) is 0.622. The van der Waals surface area contributed by atoms with Gasteiger partial charge in [0.2, 0.25) is 5.91 Å². The second-order valence-electron chi connectivity index (χ2n) is 15.0. The fourth-order valence-electron chi connectivity index (χ4n) is 5.07. The Balaban J connectivity index is 4.78. The Kier molecular flexibility index (Phi) is 33.8. The summed E-state index contributed by atoms with van der Waals surface area (Å²) >= 11 is 0. The first kappa shape index (κ1) is 53.3. The molecule has 0 fully saturated rings. The second kappa shape index (κ2) is 35.5. The molecule has 5 atom stereocenters. The Morgan fingerprint density at radius 2 is 1.30 bits per heavy atom. The number of likely N-dealkylation sites (N-methyl/N-ethyl adjacent to an activating group) is 1. The van der Waals surface area contributed by atoms with Crippen LogP contribution in [0, 0.1) is 0 Å². The molecular weight excluding hydrogens is 727 g/mol. The Morgan fingerprint density at radius 1 is 0.696 bits per heavy atom. The number of quaternary nitrogens is 1. The molecule has 1 unspecified atom stereocenters. The van der Waals surface area contributed by atoms with Gasteiger partial charge in [-0.15, -0.1) is 0 Å². The van der Waals surface area contributed by atoms with Crippen molar-refractivity contribution in [1.82, 2.24) is 5.32 Å². The molecular formula is C45H78N2O8P+. The number of phosphoric ester groups is 1. The van der Waals surface area contributed by atoms with E-state index in [9.17, 15) is 29.6 Å². The third-order valence-electron chi connectivity index (χ3n) is 8.44. The molecule has 0 aliphatic carbocycles. The molecule has 5 N–H and O–H groups in total. The third kappa shape index (κ3) is 36.9. The van der Waals surface area contributed by atoms with Gasteiger partial charge in [0.1, 0.15) is 13.2 Å². The molecule has 0 aromatic rings. The number of amides is 1. The van der Waals surface area contributed by atoms with Crippen molar-refractivity contribution in [2.45, 2.75) is 141 Å². The highest BCUT2D eigenvalue weighted by molar-refractivity contribution is 7.47. The van der Waals surface area contributed by atoms with Crippen LogP contribution in [0.25, 0.3) is 0 Å². The number of hydrogen-bond donors (Lipinski definition) is 5. The minimum Gasteiger partial charge on any atom is -0.389 e. The highest BCUT2D eigenvalue weighted by Crippen LogP contribution is 2.43. The number of allylic oxidation sites excluding steroid dienone is 11. The Labute approximate surface area is 340 Å². The number of nitrogens with zero attached hydrogens (tertiary/aromatic N) is 1. The lowest BCUT2D eigenvalue weighted by Gasteiger charge is -2.25. The molecule has 0 saturated carbocycles. The van der Waals surface area contributed by atoms with Crippen molar-refractivity contribution in [2.75, 3.05) is 40.9 Å². The average Bonchev–Trinajstić information content (AvgIpc) is 3.13. The molecule has 0 aromatic carbocycles. The average molecular weight is 806 g/mol. The minimum absolute atomic E-state index is 0.0159. The van der Waals surface area contributed by atoms with Crippen LogP contribution in [0.5, 0.6) is 0 Å². The van der Waals surface area contributed by atoms with Gasteiger partial charge >= 0.3 is 7.82 Å². The van der Waals surface area contributed by atoms with Gasteiger partial charge < -0.3 is 30.0 Å². The van der Waals surface area contributed by atoms with Gasteiger partial charge in [-0.3, -0.25) is 13.8 Å². The maximum atomic E-state index is 12.8. The molecule has 0 heterocycles. The van der Waals surface area contributed by atoms with Crippen LogP contribution >= 0.6 is 7.82 Å². The molecule has 11 heteroatoms. The Hall–Kier alpha value is -2.66. The maximum Gasteiger partial charge on any atom is 0.472 e. The molecule has 0 spiro atoms. The van der Waals surface area contributed by atoms with E-state index in [0.29, 0.717) is 30.3 Å². The summed E-state index contributed by atoms with van der Waals surface area (Å²) in [4.78, 5) is 23.1. The van der Waals surface area contributed by atoms with Crippen LogP contribution in [0.15, 0.2) is 97.2 Å². The van der Waals surface area contributed by atoms with Crippen LogP contribution in [-0.2, 0) is 18.4 Å². The molecule has 0 saturated heterocycles. The van der Waals surface area contributed by atoms with Gasteiger partial charge in [-0.25, -0.2) is 4.57 Å². The van der Waals surface area contributed by atoms with Crippen molar-refractivity contribution in [2.24, 2.45) is 0 Å². The van der Waals surface area contributed by atoms with E-state index in [4.69, 9.17) is 9.05 Å². The van der Waals surface area contributed by atoms with E-state index in [1.54, 1.807) is 30.4 Å². The number of carbonyl (C=O) groups is 1. The minimum atomic E-state index is -4.40. The van der Waals surface area contributed by atoms with Crippen molar-refractivity contribution >= 4 is 13.7 Å². The first-order valence-electron chi connectivity index (χ1n) is 20.9. The molecule has 0 aromatic heterocycles. The first-order chi connectivity index (χ1) is 26.8. The zero-order valence-electron chi connectivity index (χ0n) is 35.3. The number of rotatable bonds is 35. The number of nitrogens with one attached hydrogen (secondary N) is 1. The van der Waals surface area contributed by atoms with Crippen LogP contribution in [0.4, 0.5) is 0 Å². The van der Waals surface area contributed by atoms with Crippen LogP contribution in [-0.4, -0.2) is 95.9 Å². The fourth-order valence-corrected chi connectivity index (χ4v) is 5.81. The summed E-state index contributed by atoms with van der Waals surface area (Å²) in [5.41, 5.74) is 0. The van der Waals surface area contributed by atoms with E-state index in [2.05, 4.69) is 31.3 Å². The molecule has 0 aliphatic heterocycles. The van der Waals surface area contributed by atoms with Crippen molar-refractivity contribution in [3.8, 4) is 0 Å². The van der Waals surface area contributed by atoms with Gasteiger partial charge in [0.15, 0.2) is 0 Å². The lowest BCUT2D eigenvalue weighted by atomic mass is 10.1. The Morgan fingerprint density at radius 3 is 1.96 bits per heavy atom. The van der Waals surface area contributed by atoms with E-state index in [1.165, 1.54) is 32.1 Å². The van der Waals surface area contributed by atoms with Gasteiger partial charge in [-0.05, 0) is 64.2 Å². The molecule has 0 rings (SSSR count). The van der Waals surface area contributed by atoms with Crippen LogP contribution in [0.2, 0.25) is 0 Å². The van der Waals surface area contributed by atoms with Crippen molar-refractivity contribution < 1.29 is 43.1 Å². The van der Waals surface area contributed by atoms with Gasteiger partial charge in [0.25, 0.3) is 0 Å². The molecule has 10 nitrogen and oxygen atoms in total. The lowest BCUT2D eigenvalue weighted by Crippen LogP contribution is -2.45. The standard InChI is InChI=1S/C45H77N2O8P/c1-6-8-10-11-12-13-14-15-16-17-21-24-30-36-44(50)43(40-55-56(52,53)54-39-38-47(3,4)5)46-45(51)37-31-25-29-35-42(49)34-28-23-20-18-19-22-27-33-41(48)32-26-9-7-2/h9-11,19-20,22-23,26-30,33-36,41-44,48-50H,6-8,12-18,21,24-25,31-32,37-40H2,1-5H3,(H-,46,51,52,53)/p+1/b11-10-,22-19-,23-20-,26-9-,33-27+,34-28+,35-29-,36-30+/t41-,42-,43-,44+/m0/s1. The van der Waals surface area contributed by atoms with E-state index in [1.807, 2.05) is 75.8 Å². The number of unbranched alkanes of at least 4 members (excludes halogenated alkanes) is 9. The highest BCUT2D eigenvalue weighted by Gasteiger charge is 2.27. The van der Waals surface area contributed by atoms with Crippen LogP contribution in [0.3, 0.4) is 0 Å². The predicted octanol–water partition coefficient (Wildman–Crippen LogP) is 9.12. The number of aliphatic hydroxyl groups is 3. The van der Waals surface area contributed by atoms with Crippen LogP contribution in [0.1, 0.15) is 117 Å². The summed E-state index contributed by atoms with van der Waals surface area (Å²) in [6.45, 7) is 4.36.